The largest absolute Gasteiger partial charge is 0.312 e. The lowest BCUT2D eigenvalue weighted by Gasteiger charge is -2.05. The Morgan fingerprint density at radius 2 is 2.13 bits per heavy atom. The molecule has 2 aromatic heterocycles. The molecule has 0 bridgehead atoms. The van der Waals surface area contributed by atoms with Crippen molar-refractivity contribution < 1.29 is 4.79 Å². The van der Waals surface area contributed by atoms with Gasteiger partial charge in [-0.15, -0.1) is 17.9 Å². The van der Waals surface area contributed by atoms with Crippen LogP contribution in [0.1, 0.15) is 20.8 Å². The van der Waals surface area contributed by atoms with Gasteiger partial charge in [0.05, 0.1) is 19.4 Å². The van der Waals surface area contributed by atoms with Crippen molar-refractivity contribution in [2.45, 2.75) is 20.4 Å². The van der Waals surface area contributed by atoms with Gasteiger partial charge in [0.15, 0.2) is 4.80 Å². The van der Waals surface area contributed by atoms with Crippen LogP contribution >= 0.6 is 34.3 Å². The molecule has 0 spiro atoms. The average molecular weight is 363 g/mol. The molecule has 0 aliphatic carbocycles. The molecule has 3 rings (SSSR count). The number of amides is 1. The average Bonchev–Trinajstić information content (AvgIpc) is 3.04. The van der Waals surface area contributed by atoms with E-state index in [9.17, 15) is 4.79 Å². The van der Waals surface area contributed by atoms with Crippen molar-refractivity contribution >= 4 is 50.4 Å². The minimum Gasteiger partial charge on any atom is -0.312 e. The number of fused-ring (bicyclic) bond motifs is 1. The molecule has 23 heavy (non-hydrogen) atoms. The second-order valence-corrected chi connectivity index (χ2v) is 7.96. The lowest BCUT2D eigenvalue weighted by atomic mass is 10.1. The molecule has 0 aliphatic rings. The number of thiophene rings is 1. The van der Waals surface area contributed by atoms with Crippen LogP contribution in [0, 0.1) is 13.8 Å². The van der Waals surface area contributed by atoms with Gasteiger partial charge in [-0.3, -0.25) is 4.79 Å². The monoisotopic (exact) mass is 362 g/mol. The van der Waals surface area contributed by atoms with Crippen LogP contribution in [0.2, 0.25) is 4.34 Å². The van der Waals surface area contributed by atoms with E-state index in [1.807, 2.05) is 10.6 Å². The molecule has 0 aliphatic heterocycles. The summed E-state index contributed by atoms with van der Waals surface area (Å²) in [6, 6.07) is 7.68. The molecule has 3 nitrogen and oxygen atoms in total. The van der Waals surface area contributed by atoms with E-state index in [0.29, 0.717) is 20.6 Å². The Morgan fingerprint density at radius 1 is 1.35 bits per heavy atom. The highest BCUT2D eigenvalue weighted by atomic mass is 35.5. The van der Waals surface area contributed by atoms with Gasteiger partial charge in [-0.05, 0) is 43.2 Å². The van der Waals surface area contributed by atoms with E-state index in [4.69, 9.17) is 11.6 Å². The SMILES string of the molecule is C=CCn1c(=NC(=O)c2ccc(Cl)s2)sc2cc(C)cc(C)c21. The maximum absolute atomic E-state index is 12.4. The fourth-order valence-electron chi connectivity index (χ4n) is 2.55. The number of aryl methyl sites for hydroxylation is 2. The number of aromatic nitrogens is 1. The molecule has 6 heteroatoms. The first-order valence-corrected chi connectivity index (χ1v) is 9.06. The highest BCUT2D eigenvalue weighted by Crippen LogP contribution is 2.24. The maximum atomic E-state index is 12.4. The van der Waals surface area contributed by atoms with Crippen LogP contribution in [0.15, 0.2) is 41.9 Å². The van der Waals surface area contributed by atoms with Gasteiger partial charge in [-0.1, -0.05) is 35.1 Å². The first-order chi connectivity index (χ1) is 11.0. The van der Waals surface area contributed by atoms with Crippen molar-refractivity contribution in [3.63, 3.8) is 0 Å². The predicted molar refractivity (Wildman–Crippen MR) is 98.7 cm³/mol. The van der Waals surface area contributed by atoms with Crippen molar-refractivity contribution in [2.24, 2.45) is 4.99 Å². The third kappa shape index (κ3) is 3.17. The number of halogens is 1. The first kappa shape index (κ1) is 16.2. The second kappa shape index (κ2) is 6.43. The van der Waals surface area contributed by atoms with Gasteiger partial charge in [0, 0.05) is 6.54 Å². The van der Waals surface area contributed by atoms with Crippen LogP contribution < -0.4 is 4.80 Å². The molecule has 1 aromatic carbocycles. The van der Waals surface area contributed by atoms with Gasteiger partial charge in [-0.25, -0.2) is 0 Å². The van der Waals surface area contributed by atoms with Gasteiger partial charge < -0.3 is 4.57 Å². The van der Waals surface area contributed by atoms with Crippen molar-refractivity contribution in [1.82, 2.24) is 4.57 Å². The summed E-state index contributed by atoms with van der Waals surface area (Å²) < 4.78 is 3.75. The summed E-state index contributed by atoms with van der Waals surface area (Å²) in [5.74, 6) is -0.263. The second-order valence-electron chi connectivity index (χ2n) is 5.23. The Labute approximate surface area is 147 Å². The molecular formula is C17H15ClN2OS2. The number of allylic oxidation sites excluding steroid dienone is 1. The first-order valence-electron chi connectivity index (χ1n) is 7.05. The van der Waals surface area contributed by atoms with E-state index in [-0.39, 0.29) is 5.91 Å². The number of thiazole rings is 1. The third-order valence-electron chi connectivity index (χ3n) is 3.40. The molecule has 1 amide bonds. The van der Waals surface area contributed by atoms with Crippen LogP contribution in [0.25, 0.3) is 10.2 Å². The summed E-state index contributed by atoms with van der Waals surface area (Å²) in [7, 11) is 0. The van der Waals surface area contributed by atoms with Crippen molar-refractivity contribution in [1.29, 1.82) is 0 Å². The Morgan fingerprint density at radius 3 is 2.78 bits per heavy atom. The molecule has 3 aromatic rings. The standard InChI is InChI=1S/C17H15ClN2OS2/c1-4-7-20-15-11(3)8-10(2)9-13(15)23-17(20)19-16(21)12-5-6-14(18)22-12/h4-6,8-9H,1,7H2,2-3H3. The van der Waals surface area contributed by atoms with Crippen molar-refractivity contribution in [3.8, 4) is 0 Å². The zero-order valence-corrected chi connectivity index (χ0v) is 15.2. The van der Waals surface area contributed by atoms with Gasteiger partial charge in [-0.2, -0.15) is 4.99 Å². The molecule has 118 valence electrons. The summed E-state index contributed by atoms with van der Waals surface area (Å²) >= 11 is 8.67. The van der Waals surface area contributed by atoms with E-state index >= 15 is 0 Å². The predicted octanol–water partition coefficient (Wildman–Crippen LogP) is 4.96. The maximum Gasteiger partial charge on any atom is 0.289 e. The zero-order chi connectivity index (χ0) is 16.6. The number of hydrogen-bond acceptors (Lipinski definition) is 3. The lowest BCUT2D eigenvalue weighted by Crippen LogP contribution is -2.16. The molecule has 2 heterocycles. The highest BCUT2D eigenvalue weighted by molar-refractivity contribution is 7.18. The Balaban J connectivity index is 2.22. The summed E-state index contributed by atoms with van der Waals surface area (Å²) in [5, 5.41) is 0. The number of nitrogens with zero attached hydrogens (tertiary/aromatic N) is 2. The minimum absolute atomic E-state index is 0.263. The fourth-order valence-corrected chi connectivity index (χ4v) is 4.69. The minimum atomic E-state index is -0.263. The Kier molecular flexibility index (Phi) is 4.53. The van der Waals surface area contributed by atoms with Crippen LogP contribution in [0.3, 0.4) is 0 Å². The van der Waals surface area contributed by atoms with E-state index in [1.165, 1.54) is 33.8 Å². The molecule has 0 N–H and O–H groups in total. The van der Waals surface area contributed by atoms with Gasteiger partial charge in [0.25, 0.3) is 5.91 Å². The smallest absolute Gasteiger partial charge is 0.289 e. The topological polar surface area (TPSA) is 34.4 Å². The van der Waals surface area contributed by atoms with Gasteiger partial charge in [0.2, 0.25) is 0 Å². The van der Waals surface area contributed by atoms with Crippen LogP contribution in [0.4, 0.5) is 0 Å². The molecule has 0 unspecified atom stereocenters. The quantitative estimate of drug-likeness (QED) is 0.606. The van der Waals surface area contributed by atoms with Crippen LogP contribution in [-0.2, 0) is 6.54 Å². The fraction of sp³-hybridized carbons (Fsp3) is 0.176. The lowest BCUT2D eigenvalue weighted by molar-refractivity contribution is 0.100. The number of benzene rings is 1. The van der Waals surface area contributed by atoms with E-state index in [0.717, 1.165) is 10.2 Å². The van der Waals surface area contributed by atoms with Crippen LogP contribution in [0.5, 0.6) is 0 Å². The van der Waals surface area contributed by atoms with E-state index in [2.05, 4.69) is 37.6 Å². The molecule has 0 saturated carbocycles. The zero-order valence-electron chi connectivity index (χ0n) is 12.8. The van der Waals surface area contributed by atoms with Gasteiger partial charge in [0.1, 0.15) is 0 Å². The molecule has 0 fully saturated rings. The van der Waals surface area contributed by atoms with E-state index < -0.39 is 0 Å². The summed E-state index contributed by atoms with van der Waals surface area (Å²) in [4.78, 5) is 17.9. The molecule has 0 saturated heterocycles. The van der Waals surface area contributed by atoms with Crippen molar-refractivity contribution in [3.05, 3.63) is 62.1 Å². The number of hydrogen-bond donors (Lipinski definition) is 0. The Hall–Kier alpha value is -1.69. The normalized spacial score (nSPS) is 12.0. The Bertz CT molecular complexity index is 978. The number of rotatable bonds is 3. The van der Waals surface area contributed by atoms with Gasteiger partial charge >= 0.3 is 0 Å². The number of carbonyl (C=O) groups excluding carboxylic acids is 1. The number of carbonyl (C=O) groups is 1. The summed E-state index contributed by atoms with van der Waals surface area (Å²) in [5.41, 5.74) is 3.48. The molecular weight excluding hydrogens is 348 g/mol. The van der Waals surface area contributed by atoms with Crippen LogP contribution in [-0.4, -0.2) is 10.5 Å². The van der Waals surface area contributed by atoms with E-state index in [1.54, 1.807) is 12.1 Å². The van der Waals surface area contributed by atoms with Crippen molar-refractivity contribution in [2.75, 3.05) is 0 Å². The summed E-state index contributed by atoms with van der Waals surface area (Å²) in [6.45, 7) is 8.57. The third-order valence-corrected chi connectivity index (χ3v) is 5.65. The summed E-state index contributed by atoms with van der Waals surface area (Å²) in [6.07, 6.45) is 1.82. The molecule has 0 radical (unpaired) electrons. The highest BCUT2D eigenvalue weighted by Gasteiger charge is 2.12. The molecule has 0 atom stereocenters.